The van der Waals surface area contributed by atoms with Gasteiger partial charge in [-0.25, -0.2) is 9.97 Å². The predicted molar refractivity (Wildman–Crippen MR) is 137 cm³/mol. The Balaban J connectivity index is 1.36. The lowest BCUT2D eigenvalue weighted by atomic mass is 10.0. The van der Waals surface area contributed by atoms with Gasteiger partial charge in [0.1, 0.15) is 17.8 Å². The van der Waals surface area contributed by atoms with Crippen molar-refractivity contribution in [2.45, 2.75) is 52.1 Å². The van der Waals surface area contributed by atoms with Crippen LogP contribution < -0.4 is 11.1 Å². The topological polar surface area (TPSA) is 98.7 Å². The van der Waals surface area contributed by atoms with Crippen LogP contribution in [0.2, 0.25) is 0 Å². The minimum Gasteiger partial charge on any atom is -0.383 e. The van der Waals surface area contributed by atoms with Crippen molar-refractivity contribution in [2.75, 3.05) is 5.73 Å². The fraction of sp³-hybridized carbons (Fsp3) is 0.286. The maximum Gasteiger partial charge on any atom is 0.251 e. The first-order chi connectivity index (χ1) is 16.9. The fourth-order valence-corrected chi connectivity index (χ4v) is 4.07. The van der Waals surface area contributed by atoms with Gasteiger partial charge in [0.2, 0.25) is 0 Å². The number of nitrogens with zero attached hydrogens (tertiary/aromatic N) is 4. The summed E-state index contributed by atoms with van der Waals surface area (Å²) in [6.07, 6.45) is 7.73. The molecule has 1 aliphatic rings. The van der Waals surface area contributed by atoms with Crippen LogP contribution >= 0.6 is 0 Å². The number of fused-ring (bicyclic) bond motifs is 1. The average Bonchev–Trinajstić information content (AvgIpc) is 3.63. The molecule has 0 saturated heterocycles. The molecule has 3 N–H and O–H groups in total. The summed E-state index contributed by atoms with van der Waals surface area (Å²) >= 11 is 0. The Morgan fingerprint density at radius 2 is 1.94 bits per heavy atom. The summed E-state index contributed by atoms with van der Waals surface area (Å²) in [7, 11) is 0. The highest BCUT2D eigenvalue weighted by atomic mass is 16.1. The summed E-state index contributed by atoms with van der Waals surface area (Å²) < 4.78 is 2.04. The number of hydrogen-bond acceptors (Lipinski definition) is 5. The van der Waals surface area contributed by atoms with Crippen molar-refractivity contribution in [3.8, 4) is 11.8 Å². The van der Waals surface area contributed by atoms with Crippen LogP contribution in [0, 0.1) is 18.8 Å². The molecule has 5 rings (SSSR count). The van der Waals surface area contributed by atoms with Gasteiger partial charge in [0.05, 0.1) is 10.9 Å². The van der Waals surface area contributed by atoms with E-state index < -0.39 is 0 Å². The highest BCUT2D eigenvalue weighted by Gasteiger charge is 2.24. The first kappa shape index (κ1) is 22.6. The zero-order valence-electron chi connectivity index (χ0n) is 20.2. The van der Waals surface area contributed by atoms with Crippen LogP contribution in [0.15, 0.2) is 49.1 Å². The number of benzene rings is 1. The van der Waals surface area contributed by atoms with Crippen LogP contribution in [0.1, 0.15) is 77.0 Å². The Morgan fingerprint density at radius 3 is 2.66 bits per heavy atom. The van der Waals surface area contributed by atoms with Crippen LogP contribution in [-0.2, 0) is 6.54 Å². The van der Waals surface area contributed by atoms with Crippen LogP contribution in [-0.4, -0.2) is 25.4 Å². The van der Waals surface area contributed by atoms with E-state index in [-0.39, 0.29) is 11.9 Å². The Morgan fingerprint density at radius 1 is 1.14 bits per heavy atom. The van der Waals surface area contributed by atoms with Gasteiger partial charge >= 0.3 is 0 Å². The molecular formula is C28H28N6O. The molecule has 0 radical (unpaired) electrons. The Labute approximate surface area is 204 Å². The molecule has 4 aromatic rings. The highest BCUT2D eigenvalue weighted by molar-refractivity contribution is 5.95. The van der Waals surface area contributed by atoms with Gasteiger partial charge in [-0.1, -0.05) is 24.0 Å². The van der Waals surface area contributed by atoms with E-state index in [1.54, 1.807) is 0 Å². The first-order valence-corrected chi connectivity index (χ1v) is 11.9. The van der Waals surface area contributed by atoms with Crippen molar-refractivity contribution in [3.05, 3.63) is 82.6 Å². The predicted octanol–water partition coefficient (Wildman–Crippen LogP) is 4.51. The molecule has 35 heavy (non-hydrogen) atoms. The second-order valence-electron chi connectivity index (χ2n) is 9.33. The SMILES string of the molecule is Cc1ccc(C(=O)NCc2ccc(C3CC3)nc2)cc1C#Cc1cn(C(C)C)c2ncnc(N)c12. The quantitative estimate of drug-likeness (QED) is 0.424. The number of anilines is 1. The molecule has 3 heterocycles. The number of nitrogen functional groups attached to an aromatic ring is 1. The van der Waals surface area contributed by atoms with Crippen molar-refractivity contribution < 1.29 is 4.79 Å². The van der Waals surface area contributed by atoms with Crippen molar-refractivity contribution in [1.82, 2.24) is 24.8 Å². The van der Waals surface area contributed by atoms with E-state index >= 15 is 0 Å². The van der Waals surface area contributed by atoms with Gasteiger partial charge in [-0.15, -0.1) is 0 Å². The van der Waals surface area contributed by atoms with Crippen molar-refractivity contribution in [1.29, 1.82) is 0 Å². The molecule has 0 aliphatic heterocycles. The second-order valence-corrected chi connectivity index (χ2v) is 9.33. The van der Waals surface area contributed by atoms with Gasteiger partial charge in [-0.2, -0.15) is 0 Å². The molecule has 1 saturated carbocycles. The molecule has 1 aromatic carbocycles. The van der Waals surface area contributed by atoms with Gasteiger partial charge in [-0.05, 0) is 62.9 Å². The number of nitrogens with two attached hydrogens (primary N) is 1. The first-order valence-electron chi connectivity index (χ1n) is 11.9. The smallest absolute Gasteiger partial charge is 0.251 e. The van der Waals surface area contributed by atoms with E-state index in [0.29, 0.717) is 23.8 Å². The molecule has 176 valence electrons. The summed E-state index contributed by atoms with van der Waals surface area (Å²) in [5.41, 5.74) is 12.2. The van der Waals surface area contributed by atoms with Gasteiger partial charge in [0, 0.05) is 47.7 Å². The van der Waals surface area contributed by atoms with Crippen LogP contribution in [0.25, 0.3) is 11.0 Å². The summed E-state index contributed by atoms with van der Waals surface area (Å²) in [6.45, 7) is 6.57. The number of aromatic nitrogens is 4. The standard InChI is InChI=1S/C28H28N6O/c1-17(2)34-15-23(25-26(29)32-16-33-27(25)34)10-9-21-12-22(6-4-18(21)3)28(35)31-14-19-5-11-24(30-13-19)20-7-8-20/h4-6,11-13,15-17,20H,7-8,14H2,1-3H3,(H,31,35)(H2,29,32,33). The van der Waals surface area contributed by atoms with Crippen LogP contribution in [0.3, 0.4) is 0 Å². The molecule has 7 heteroatoms. The molecule has 0 atom stereocenters. The third-order valence-corrected chi connectivity index (χ3v) is 6.32. The summed E-state index contributed by atoms with van der Waals surface area (Å²) in [5, 5.41) is 3.74. The maximum absolute atomic E-state index is 12.8. The monoisotopic (exact) mass is 464 g/mol. The average molecular weight is 465 g/mol. The van der Waals surface area contributed by atoms with Crippen molar-refractivity contribution in [2.24, 2.45) is 0 Å². The van der Waals surface area contributed by atoms with Gasteiger partial charge in [0.15, 0.2) is 0 Å². The minimum absolute atomic E-state index is 0.145. The third kappa shape index (κ3) is 4.73. The molecular weight excluding hydrogens is 436 g/mol. The fourth-order valence-electron chi connectivity index (χ4n) is 4.07. The summed E-state index contributed by atoms with van der Waals surface area (Å²) in [4.78, 5) is 25.9. The van der Waals surface area contributed by atoms with E-state index in [4.69, 9.17) is 5.73 Å². The Kier molecular flexibility index (Phi) is 5.96. The van der Waals surface area contributed by atoms with E-state index in [1.165, 1.54) is 19.2 Å². The van der Waals surface area contributed by atoms with E-state index in [0.717, 1.165) is 39.0 Å². The largest absolute Gasteiger partial charge is 0.383 e. The number of aryl methyl sites for hydroxylation is 1. The van der Waals surface area contributed by atoms with E-state index in [2.05, 4.69) is 52.0 Å². The zero-order chi connectivity index (χ0) is 24.5. The van der Waals surface area contributed by atoms with Gasteiger partial charge in [0.25, 0.3) is 5.91 Å². The molecule has 0 unspecified atom stereocenters. The van der Waals surface area contributed by atoms with E-state index in [1.807, 2.05) is 48.1 Å². The number of nitrogens with one attached hydrogen (secondary N) is 1. The molecule has 0 bridgehead atoms. The van der Waals surface area contributed by atoms with Crippen molar-refractivity contribution in [3.63, 3.8) is 0 Å². The molecule has 0 spiro atoms. The number of rotatable bonds is 5. The minimum atomic E-state index is -0.145. The Bertz CT molecular complexity index is 1470. The van der Waals surface area contributed by atoms with E-state index in [9.17, 15) is 4.79 Å². The number of pyridine rings is 1. The lowest BCUT2D eigenvalue weighted by Crippen LogP contribution is -2.23. The summed E-state index contributed by atoms with van der Waals surface area (Å²) in [5.74, 6) is 7.34. The van der Waals surface area contributed by atoms with Crippen LogP contribution in [0.5, 0.6) is 0 Å². The van der Waals surface area contributed by atoms with Gasteiger partial charge in [-0.3, -0.25) is 9.78 Å². The second kappa shape index (κ2) is 9.22. The normalized spacial score (nSPS) is 13.0. The number of hydrogen-bond donors (Lipinski definition) is 2. The number of carbonyl (C=O) groups is 1. The number of amides is 1. The summed E-state index contributed by atoms with van der Waals surface area (Å²) in [6, 6.07) is 9.87. The zero-order valence-corrected chi connectivity index (χ0v) is 20.2. The lowest BCUT2D eigenvalue weighted by Gasteiger charge is -2.07. The maximum atomic E-state index is 12.8. The molecule has 1 aliphatic carbocycles. The van der Waals surface area contributed by atoms with Crippen LogP contribution in [0.4, 0.5) is 5.82 Å². The third-order valence-electron chi connectivity index (χ3n) is 6.32. The lowest BCUT2D eigenvalue weighted by molar-refractivity contribution is 0.0951. The highest BCUT2D eigenvalue weighted by Crippen LogP contribution is 2.38. The van der Waals surface area contributed by atoms with Crippen molar-refractivity contribution >= 4 is 22.8 Å². The molecule has 1 amide bonds. The molecule has 7 nitrogen and oxygen atoms in total. The van der Waals surface area contributed by atoms with Gasteiger partial charge < -0.3 is 15.6 Å². The molecule has 3 aromatic heterocycles. The number of carbonyl (C=O) groups excluding carboxylic acids is 1. The molecule has 1 fully saturated rings. The Hall–Kier alpha value is -4.18.